The lowest BCUT2D eigenvalue weighted by Gasteiger charge is -2.30. The van der Waals surface area contributed by atoms with Crippen molar-refractivity contribution in [3.63, 3.8) is 0 Å². The molecule has 0 aliphatic heterocycles. The van der Waals surface area contributed by atoms with Crippen molar-refractivity contribution in [1.82, 2.24) is 9.55 Å². The molecule has 0 unspecified atom stereocenters. The SMILES string of the molecule is CCC(CC)(Cn1cnc(C(=O)OC)c1N)SC. The van der Waals surface area contributed by atoms with Gasteiger partial charge in [-0.25, -0.2) is 9.78 Å². The number of nitrogen functional groups attached to an aromatic ring is 1. The summed E-state index contributed by atoms with van der Waals surface area (Å²) in [4.78, 5) is 15.5. The number of nitrogens with two attached hydrogens (primary N) is 1. The normalized spacial score (nSPS) is 11.6. The summed E-state index contributed by atoms with van der Waals surface area (Å²) in [5, 5.41) is 0. The fourth-order valence-corrected chi connectivity index (χ4v) is 2.75. The Kier molecular flexibility index (Phi) is 5.07. The van der Waals surface area contributed by atoms with E-state index in [-0.39, 0.29) is 10.4 Å². The predicted octanol–water partition coefficient (Wildman–Crippen LogP) is 2.17. The van der Waals surface area contributed by atoms with Crippen LogP contribution in [0.2, 0.25) is 0 Å². The lowest BCUT2D eigenvalue weighted by atomic mass is 10.0. The minimum Gasteiger partial charge on any atom is -0.464 e. The number of rotatable bonds is 6. The molecule has 0 saturated carbocycles. The molecule has 0 aliphatic carbocycles. The van der Waals surface area contributed by atoms with E-state index in [1.807, 2.05) is 16.3 Å². The summed E-state index contributed by atoms with van der Waals surface area (Å²) in [5.74, 6) is -0.115. The number of hydrogen-bond donors (Lipinski definition) is 1. The van der Waals surface area contributed by atoms with Gasteiger partial charge in [-0.3, -0.25) is 0 Å². The number of hydrogen-bond acceptors (Lipinski definition) is 5. The van der Waals surface area contributed by atoms with E-state index < -0.39 is 5.97 Å². The summed E-state index contributed by atoms with van der Waals surface area (Å²) in [6.07, 6.45) is 5.78. The number of ether oxygens (including phenoxy) is 1. The minimum atomic E-state index is -0.492. The highest BCUT2D eigenvalue weighted by atomic mass is 32.2. The van der Waals surface area contributed by atoms with Gasteiger partial charge < -0.3 is 15.0 Å². The number of esters is 1. The first-order valence-electron chi connectivity index (χ1n) is 5.97. The van der Waals surface area contributed by atoms with Crippen molar-refractivity contribution in [3.8, 4) is 0 Å². The summed E-state index contributed by atoms with van der Waals surface area (Å²) < 4.78 is 6.60. The second kappa shape index (κ2) is 6.13. The van der Waals surface area contributed by atoms with Crippen molar-refractivity contribution in [2.24, 2.45) is 0 Å². The Balaban J connectivity index is 2.98. The quantitative estimate of drug-likeness (QED) is 0.803. The van der Waals surface area contributed by atoms with E-state index in [1.165, 1.54) is 7.11 Å². The maximum atomic E-state index is 11.4. The molecule has 0 aromatic carbocycles. The van der Waals surface area contributed by atoms with Gasteiger partial charge in [-0.1, -0.05) is 13.8 Å². The van der Waals surface area contributed by atoms with E-state index >= 15 is 0 Å². The molecule has 18 heavy (non-hydrogen) atoms. The van der Waals surface area contributed by atoms with Crippen LogP contribution in [-0.4, -0.2) is 33.6 Å². The molecule has 0 aliphatic rings. The third-order valence-electron chi connectivity index (χ3n) is 3.44. The van der Waals surface area contributed by atoms with Crippen LogP contribution in [0.15, 0.2) is 6.33 Å². The van der Waals surface area contributed by atoms with Crippen molar-refractivity contribution in [1.29, 1.82) is 0 Å². The van der Waals surface area contributed by atoms with Gasteiger partial charge in [-0.15, -0.1) is 0 Å². The molecule has 1 rings (SSSR count). The van der Waals surface area contributed by atoms with Gasteiger partial charge >= 0.3 is 5.97 Å². The zero-order valence-electron chi connectivity index (χ0n) is 11.4. The van der Waals surface area contributed by atoms with Crippen LogP contribution in [0.4, 0.5) is 5.82 Å². The Bertz CT molecular complexity index is 405. The number of aromatic nitrogens is 2. The molecule has 0 radical (unpaired) electrons. The number of carbonyl (C=O) groups is 1. The lowest BCUT2D eigenvalue weighted by Crippen LogP contribution is -2.29. The molecule has 0 bridgehead atoms. The molecular formula is C12H21N3O2S. The van der Waals surface area contributed by atoms with Crippen LogP contribution in [0.1, 0.15) is 37.2 Å². The van der Waals surface area contributed by atoms with Gasteiger partial charge in [0, 0.05) is 11.3 Å². The number of imidazole rings is 1. The lowest BCUT2D eigenvalue weighted by molar-refractivity contribution is 0.0596. The Hall–Kier alpha value is -1.17. The molecule has 0 saturated heterocycles. The van der Waals surface area contributed by atoms with Crippen LogP contribution < -0.4 is 5.73 Å². The molecule has 0 spiro atoms. The minimum absolute atomic E-state index is 0.127. The topological polar surface area (TPSA) is 70.1 Å². The first-order chi connectivity index (χ1) is 8.53. The fraction of sp³-hybridized carbons (Fsp3) is 0.667. The molecule has 5 nitrogen and oxygen atoms in total. The van der Waals surface area contributed by atoms with E-state index in [1.54, 1.807) is 6.33 Å². The molecule has 1 heterocycles. The Morgan fingerprint density at radius 2 is 2.17 bits per heavy atom. The largest absolute Gasteiger partial charge is 0.464 e. The van der Waals surface area contributed by atoms with Crippen molar-refractivity contribution in [3.05, 3.63) is 12.0 Å². The summed E-state index contributed by atoms with van der Waals surface area (Å²) >= 11 is 1.82. The third kappa shape index (κ3) is 2.80. The van der Waals surface area contributed by atoms with Gasteiger partial charge in [-0.2, -0.15) is 11.8 Å². The number of thioether (sulfide) groups is 1. The monoisotopic (exact) mass is 271 g/mol. The van der Waals surface area contributed by atoms with Gasteiger partial charge in [0.25, 0.3) is 0 Å². The van der Waals surface area contributed by atoms with E-state index in [4.69, 9.17) is 5.73 Å². The van der Waals surface area contributed by atoms with E-state index in [2.05, 4.69) is 29.8 Å². The molecule has 1 aromatic rings. The fourth-order valence-electron chi connectivity index (χ4n) is 1.91. The van der Waals surface area contributed by atoms with Gasteiger partial charge in [-0.05, 0) is 19.1 Å². The van der Waals surface area contributed by atoms with Crippen LogP contribution in [0.3, 0.4) is 0 Å². The molecule has 0 fully saturated rings. The first kappa shape index (κ1) is 14.9. The van der Waals surface area contributed by atoms with Crippen LogP contribution in [-0.2, 0) is 11.3 Å². The van der Waals surface area contributed by atoms with Crippen molar-refractivity contribution in [2.75, 3.05) is 19.1 Å². The van der Waals surface area contributed by atoms with E-state index in [0.29, 0.717) is 5.82 Å². The molecule has 2 N–H and O–H groups in total. The second-order valence-corrected chi connectivity index (χ2v) is 5.47. The molecule has 0 atom stereocenters. The van der Waals surface area contributed by atoms with Crippen LogP contribution in [0.25, 0.3) is 0 Å². The van der Waals surface area contributed by atoms with Gasteiger partial charge in [0.05, 0.1) is 13.4 Å². The maximum Gasteiger partial charge on any atom is 0.360 e. The third-order valence-corrected chi connectivity index (χ3v) is 5.01. The highest BCUT2D eigenvalue weighted by Gasteiger charge is 2.27. The summed E-state index contributed by atoms with van der Waals surface area (Å²) in [5.41, 5.74) is 6.14. The standard InChI is InChI=1S/C12H21N3O2S/c1-5-12(6-2,18-4)7-15-8-14-9(10(15)13)11(16)17-3/h8H,5-7,13H2,1-4H3. The second-order valence-electron chi connectivity index (χ2n) is 4.19. The van der Waals surface area contributed by atoms with E-state index in [0.717, 1.165) is 19.4 Å². The zero-order chi connectivity index (χ0) is 13.8. The van der Waals surface area contributed by atoms with Crippen LogP contribution in [0.5, 0.6) is 0 Å². The zero-order valence-corrected chi connectivity index (χ0v) is 12.2. The van der Waals surface area contributed by atoms with Crippen molar-refractivity contribution in [2.45, 2.75) is 38.0 Å². The number of anilines is 1. The predicted molar refractivity (Wildman–Crippen MR) is 74.8 cm³/mol. The highest BCUT2D eigenvalue weighted by molar-refractivity contribution is 8.00. The van der Waals surface area contributed by atoms with Crippen LogP contribution in [0, 0.1) is 0 Å². The molecule has 102 valence electrons. The number of methoxy groups -OCH3 is 1. The average Bonchev–Trinajstić information content (AvgIpc) is 2.76. The molecular weight excluding hydrogens is 250 g/mol. The van der Waals surface area contributed by atoms with E-state index in [9.17, 15) is 4.79 Å². The average molecular weight is 271 g/mol. The van der Waals surface area contributed by atoms with Crippen molar-refractivity contribution < 1.29 is 9.53 Å². The van der Waals surface area contributed by atoms with Gasteiger partial charge in [0.1, 0.15) is 5.82 Å². The molecule has 6 heteroatoms. The Morgan fingerprint density at radius 1 is 1.56 bits per heavy atom. The van der Waals surface area contributed by atoms with Crippen LogP contribution >= 0.6 is 11.8 Å². The number of nitrogens with zero attached hydrogens (tertiary/aromatic N) is 2. The van der Waals surface area contributed by atoms with Crippen molar-refractivity contribution >= 4 is 23.5 Å². The van der Waals surface area contributed by atoms with Gasteiger partial charge in [0.15, 0.2) is 5.69 Å². The summed E-state index contributed by atoms with van der Waals surface area (Å²) in [7, 11) is 1.32. The first-order valence-corrected chi connectivity index (χ1v) is 7.20. The Morgan fingerprint density at radius 3 is 2.61 bits per heavy atom. The van der Waals surface area contributed by atoms with Gasteiger partial charge in [0.2, 0.25) is 0 Å². The molecule has 1 aromatic heterocycles. The maximum absolute atomic E-state index is 11.4. The molecule has 0 amide bonds. The smallest absolute Gasteiger partial charge is 0.360 e. The summed E-state index contributed by atoms with van der Waals surface area (Å²) in [6, 6.07) is 0. The highest BCUT2D eigenvalue weighted by Crippen LogP contribution is 2.33. The number of carbonyl (C=O) groups excluding carboxylic acids is 1. The Labute approximate surface area is 112 Å². The summed E-state index contributed by atoms with van der Waals surface area (Å²) in [6.45, 7) is 5.07.